The van der Waals surface area contributed by atoms with Gasteiger partial charge >= 0.3 is 0 Å². The summed E-state index contributed by atoms with van der Waals surface area (Å²) < 4.78 is 0. The maximum absolute atomic E-state index is 8.53. The summed E-state index contributed by atoms with van der Waals surface area (Å²) in [4.78, 5) is 0. The Morgan fingerprint density at radius 2 is 1.12 bits per heavy atom. The Bertz CT molecular complexity index is 763. The van der Waals surface area contributed by atoms with Crippen molar-refractivity contribution in [2.45, 2.75) is 58.8 Å². The van der Waals surface area contributed by atoms with Crippen LogP contribution in [0.1, 0.15) is 45.2 Å². The van der Waals surface area contributed by atoms with E-state index in [4.69, 9.17) is 15.6 Å². The normalized spacial score (nSPS) is 10.3. The fraction of sp³-hybridized carbons (Fsp3) is 0.462. The molecule has 0 spiro atoms. The lowest BCUT2D eigenvalue weighted by molar-refractivity contribution is 0.311. The monoisotopic (exact) mass is 452 g/mol. The molecule has 0 amide bonds. The van der Waals surface area contributed by atoms with E-state index in [1.54, 1.807) is 12.1 Å². The van der Waals surface area contributed by atoms with Crippen LogP contribution in [-0.2, 0) is 0 Å². The molecule has 174 valence electrons. The number of anilines is 2. The Kier molecular flexibility index (Phi) is 13.8. The Balaban J connectivity index is 0.000000462. The van der Waals surface area contributed by atoms with Crippen molar-refractivity contribution in [3.05, 3.63) is 59.7 Å². The van der Waals surface area contributed by atoms with Gasteiger partial charge in [0.05, 0.1) is 29.9 Å². The van der Waals surface area contributed by atoms with Gasteiger partial charge in [0.25, 0.3) is 0 Å². The molecule has 0 bridgehead atoms. The molecule has 0 saturated heterocycles. The van der Waals surface area contributed by atoms with E-state index in [1.165, 1.54) is 0 Å². The molecular weight excluding hydrogens is 412 g/mol. The summed E-state index contributed by atoms with van der Waals surface area (Å²) in [6.07, 6.45) is 1.11. The molecule has 0 saturated carbocycles. The average Bonchev–Trinajstić information content (AvgIpc) is 2.76. The Hall–Kier alpha value is -2.80. The van der Waals surface area contributed by atoms with Gasteiger partial charge in [-0.2, -0.15) is 10.5 Å². The van der Waals surface area contributed by atoms with Gasteiger partial charge in [-0.1, -0.05) is 47.3 Å². The summed E-state index contributed by atoms with van der Waals surface area (Å²) in [6.45, 7) is 18.0. The van der Waals surface area contributed by atoms with Gasteiger partial charge in [-0.3, -0.25) is 0 Å². The molecule has 6 heteroatoms. The van der Waals surface area contributed by atoms with E-state index < -0.39 is 8.07 Å². The second kappa shape index (κ2) is 15.1. The number of hydrogen-bond acceptors (Lipinski definition) is 5. The predicted molar refractivity (Wildman–Crippen MR) is 140 cm³/mol. The van der Waals surface area contributed by atoms with Crippen molar-refractivity contribution in [3.8, 4) is 12.1 Å². The molecule has 0 radical (unpaired) electrons. The molecule has 0 atom stereocenters. The van der Waals surface area contributed by atoms with Gasteiger partial charge < -0.3 is 15.7 Å². The van der Waals surface area contributed by atoms with E-state index in [1.807, 2.05) is 42.5 Å². The average molecular weight is 453 g/mol. The number of nitriles is 2. The highest BCUT2D eigenvalue weighted by Gasteiger charge is 2.29. The maximum atomic E-state index is 8.53. The maximum Gasteiger partial charge on any atom is 0.0991 e. The summed E-state index contributed by atoms with van der Waals surface area (Å²) in [6, 6.07) is 18.7. The molecular formula is C26H40N4OSi. The van der Waals surface area contributed by atoms with Crippen LogP contribution < -0.4 is 10.6 Å². The quantitative estimate of drug-likeness (QED) is 0.437. The molecule has 0 fully saturated rings. The number of aliphatic hydroxyl groups excluding tert-OH is 1. The van der Waals surface area contributed by atoms with E-state index in [2.05, 4.69) is 64.0 Å². The molecule has 2 aromatic rings. The summed E-state index contributed by atoms with van der Waals surface area (Å²) in [5.74, 6) is 0. The number of rotatable bonds is 6. The van der Waals surface area contributed by atoms with Gasteiger partial charge in [0.2, 0.25) is 0 Å². The van der Waals surface area contributed by atoms with Crippen LogP contribution >= 0.6 is 0 Å². The van der Waals surface area contributed by atoms with Gasteiger partial charge in [-0.15, -0.1) is 0 Å². The van der Waals surface area contributed by atoms with E-state index in [9.17, 15) is 0 Å². The number of nitrogens with one attached hydrogen (secondary N) is 2. The van der Waals surface area contributed by atoms with Crippen LogP contribution in [0.15, 0.2) is 48.5 Å². The molecule has 32 heavy (non-hydrogen) atoms. The van der Waals surface area contributed by atoms with E-state index in [0.29, 0.717) is 22.7 Å². The van der Waals surface area contributed by atoms with Gasteiger partial charge in [0.15, 0.2) is 0 Å². The largest absolute Gasteiger partial charge is 0.395 e. The number of benzene rings is 2. The molecule has 0 unspecified atom stereocenters. The van der Waals surface area contributed by atoms with Crippen molar-refractivity contribution in [1.82, 2.24) is 0 Å². The molecule has 3 N–H and O–H groups in total. The topological polar surface area (TPSA) is 91.9 Å². The van der Waals surface area contributed by atoms with Crippen LogP contribution in [0.5, 0.6) is 0 Å². The van der Waals surface area contributed by atoms with Crippen molar-refractivity contribution >= 4 is 19.4 Å². The van der Waals surface area contributed by atoms with Crippen LogP contribution in [0.2, 0.25) is 24.7 Å². The van der Waals surface area contributed by atoms with Gasteiger partial charge in [-0.05, 0) is 60.0 Å². The van der Waals surface area contributed by atoms with E-state index >= 15 is 0 Å². The minimum Gasteiger partial charge on any atom is -0.395 e. The van der Waals surface area contributed by atoms with E-state index in [0.717, 1.165) is 24.3 Å². The molecule has 0 aromatic heterocycles. The third kappa shape index (κ3) is 12.8. The molecule has 5 nitrogen and oxygen atoms in total. The predicted octanol–water partition coefficient (Wildman–Crippen LogP) is 6.47. The molecule has 2 rings (SSSR count). The Labute approximate surface area is 196 Å². The van der Waals surface area contributed by atoms with Crippen molar-refractivity contribution < 1.29 is 5.11 Å². The van der Waals surface area contributed by atoms with Crippen LogP contribution in [0.3, 0.4) is 0 Å². The summed E-state index contributed by atoms with van der Waals surface area (Å²) in [5.41, 5.74) is 3.35. The Morgan fingerprint density at radius 1 is 0.781 bits per heavy atom. The summed E-state index contributed by atoms with van der Waals surface area (Å²) in [7, 11) is -0.859. The minimum absolute atomic E-state index is 0.111. The molecule has 0 heterocycles. The van der Waals surface area contributed by atoms with Crippen LogP contribution in [-0.4, -0.2) is 32.9 Å². The standard InChI is InChI=1S/C10H12N2.C9H10N2O.C7H18Si/c1-2-7-12-10-5-3-9(8-11)4-6-10;10-7-8-1-3-9(4-2-8)11-5-6-12;1-7(2,3)8(4,5)6/h3-6,12H,2,7H2,1H3;1-4,11-12H,5-6H2;1-6H3. The number of aliphatic hydroxyl groups is 1. The SMILES string of the molecule is CC(C)(C)[Si](C)(C)C.CCCNc1ccc(C#N)cc1.N#Cc1ccc(NCCO)cc1. The zero-order chi connectivity index (χ0) is 24.6. The number of hydrogen-bond donors (Lipinski definition) is 3. The smallest absolute Gasteiger partial charge is 0.0991 e. The highest BCUT2D eigenvalue weighted by Crippen LogP contribution is 2.35. The highest BCUT2D eigenvalue weighted by molar-refractivity contribution is 6.78. The first-order valence-corrected chi connectivity index (χ1v) is 14.6. The summed E-state index contributed by atoms with van der Waals surface area (Å²) >= 11 is 0. The van der Waals surface area contributed by atoms with Gasteiger partial charge in [0, 0.05) is 32.5 Å². The van der Waals surface area contributed by atoms with Crippen molar-refractivity contribution in [2.24, 2.45) is 0 Å². The first-order chi connectivity index (χ1) is 15.0. The molecule has 0 aliphatic rings. The van der Waals surface area contributed by atoms with Crippen LogP contribution in [0.4, 0.5) is 11.4 Å². The lowest BCUT2D eigenvalue weighted by Crippen LogP contribution is -2.32. The van der Waals surface area contributed by atoms with Crippen LogP contribution in [0, 0.1) is 22.7 Å². The zero-order valence-electron chi connectivity index (χ0n) is 20.8. The fourth-order valence-electron chi connectivity index (χ4n) is 1.79. The Morgan fingerprint density at radius 3 is 1.38 bits per heavy atom. The van der Waals surface area contributed by atoms with Crippen molar-refractivity contribution in [1.29, 1.82) is 10.5 Å². The second-order valence-electron chi connectivity index (χ2n) is 9.46. The van der Waals surface area contributed by atoms with Crippen molar-refractivity contribution in [2.75, 3.05) is 30.3 Å². The summed E-state index contributed by atoms with van der Waals surface area (Å²) in [5, 5.41) is 32.3. The fourth-order valence-corrected chi connectivity index (χ4v) is 1.79. The zero-order valence-corrected chi connectivity index (χ0v) is 21.8. The lowest BCUT2D eigenvalue weighted by atomic mass is 10.2. The second-order valence-corrected chi connectivity index (χ2v) is 15.5. The number of nitrogens with zero attached hydrogens (tertiary/aromatic N) is 2. The minimum atomic E-state index is -0.859. The van der Waals surface area contributed by atoms with Crippen LogP contribution in [0.25, 0.3) is 0 Å². The third-order valence-corrected chi connectivity index (χ3v) is 9.80. The molecule has 0 aliphatic heterocycles. The first-order valence-electron chi connectivity index (χ1n) is 11.1. The van der Waals surface area contributed by atoms with Crippen molar-refractivity contribution in [3.63, 3.8) is 0 Å². The highest BCUT2D eigenvalue weighted by atomic mass is 28.3. The first kappa shape index (κ1) is 29.2. The van der Waals surface area contributed by atoms with Gasteiger partial charge in [0.1, 0.15) is 0 Å². The lowest BCUT2D eigenvalue weighted by Gasteiger charge is -2.32. The molecule has 0 aliphatic carbocycles. The van der Waals surface area contributed by atoms with E-state index in [-0.39, 0.29) is 6.61 Å². The third-order valence-electron chi connectivity index (χ3n) is 5.30. The van der Waals surface area contributed by atoms with Gasteiger partial charge in [-0.25, -0.2) is 0 Å². The molecule has 2 aromatic carbocycles.